The van der Waals surface area contributed by atoms with E-state index in [1.165, 1.54) is 6.42 Å². The molecule has 0 spiro atoms. The molecule has 0 heterocycles. The molecule has 0 bridgehead atoms. The molecule has 1 fully saturated rings. The molecule has 1 aliphatic carbocycles. The van der Waals surface area contributed by atoms with Crippen molar-refractivity contribution in [2.24, 2.45) is 11.8 Å². The van der Waals surface area contributed by atoms with E-state index in [-0.39, 0.29) is 5.91 Å². The fourth-order valence-electron chi connectivity index (χ4n) is 3.00. The first-order valence-corrected chi connectivity index (χ1v) is 7.50. The van der Waals surface area contributed by atoms with Crippen LogP contribution < -0.4 is 10.6 Å². The summed E-state index contributed by atoms with van der Waals surface area (Å²) in [7, 11) is 0. The molecule has 0 aliphatic heterocycles. The van der Waals surface area contributed by atoms with Gasteiger partial charge >= 0.3 is 0 Å². The maximum Gasteiger partial charge on any atom is 0.220 e. The topological polar surface area (TPSA) is 41.1 Å². The first-order chi connectivity index (χ1) is 8.47. The van der Waals surface area contributed by atoms with Crippen molar-refractivity contribution in [3.8, 4) is 0 Å². The van der Waals surface area contributed by atoms with Gasteiger partial charge in [-0.05, 0) is 44.1 Å². The number of carbonyl (C=O) groups excluding carboxylic acids is 1. The van der Waals surface area contributed by atoms with E-state index in [0.717, 1.165) is 37.6 Å². The molecule has 2 N–H and O–H groups in total. The van der Waals surface area contributed by atoms with Gasteiger partial charge in [-0.2, -0.15) is 0 Å². The predicted octanol–water partition coefficient (Wildman–Crippen LogP) is 2.71. The SMILES string of the molecule is CC1CC(C)CC(NC(=O)CCCNC(C)C)C1. The van der Waals surface area contributed by atoms with Gasteiger partial charge in [0.25, 0.3) is 0 Å². The van der Waals surface area contributed by atoms with Crippen molar-refractivity contribution in [3.05, 3.63) is 0 Å². The zero-order chi connectivity index (χ0) is 13.5. The Bertz CT molecular complexity index is 243. The van der Waals surface area contributed by atoms with Crippen LogP contribution in [0, 0.1) is 11.8 Å². The summed E-state index contributed by atoms with van der Waals surface area (Å²) in [4.78, 5) is 11.8. The standard InChI is InChI=1S/C15H30N2O/c1-11(2)16-7-5-6-15(18)17-14-9-12(3)8-13(4)10-14/h11-14,16H,5-10H2,1-4H3,(H,17,18). The monoisotopic (exact) mass is 254 g/mol. The first kappa shape index (κ1) is 15.5. The average molecular weight is 254 g/mol. The van der Waals surface area contributed by atoms with Crippen molar-refractivity contribution in [1.82, 2.24) is 10.6 Å². The van der Waals surface area contributed by atoms with Crippen LogP contribution in [0.3, 0.4) is 0 Å². The number of rotatable bonds is 6. The minimum atomic E-state index is 0.229. The minimum Gasteiger partial charge on any atom is -0.353 e. The molecule has 2 unspecified atom stereocenters. The van der Waals surface area contributed by atoms with Crippen LogP contribution in [0.2, 0.25) is 0 Å². The lowest BCUT2D eigenvalue weighted by Gasteiger charge is -2.32. The lowest BCUT2D eigenvalue weighted by molar-refractivity contribution is -0.122. The molecule has 0 aromatic carbocycles. The summed E-state index contributed by atoms with van der Waals surface area (Å²) in [6, 6.07) is 0.919. The summed E-state index contributed by atoms with van der Waals surface area (Å²) in [5, 5.41) is 6.54. The highest BCUT2D eigenvalue weighted by molar-refractivity contribution is 5.76. The van der Waals surface area contributed by atoms with Crippen molar-refractivity contribution >= 4 is 5.91 Å². The molecule has 0 aromatic heterocycles. The molecule has 1 aliphatic rings. The second kappa shape index (κ2) is 7.78. The molecule has 0 saturated heterocycles. The maximum atomic E-state index is 11.8. The van der Waals surface area contributed by atoms with Crippen LogP contribution in [0.1, 0.15) is 59.8 Å². The van der Waals surface area contributed by atoms with E-state index in [2.05, 4.69) is 38.3 Å². The van der Waals surface area contributed by atoms with E-state index >= 15 is 0 Å². The molecule has 0 radical (unpaired) electrons. The quantitative estimate of drug-likeness (QED) is 0.716. The summed E-state index contributed by atoms with van der Waals surface area (Å²) < 4.78 is 0. The molecule has 1 amide bonds. The Morgan fingerprint density at radius 1 is 1.17 bits per heavy atom. The predicted molar refractivity (Wildman–Crippen MR) is 76.5 cm³/mol. The van der Waals surface area contributed by atoms with E-state index in [9.17, 15) is 4.79 Å². The van der Waals surface area contributed by atoms with Gasteiger partial charge in [-0.15, -0.1) is 0 Å². The number of amides is 1. The van der Waals surface area contributed by atoms with Crippen molar-refractivity contribution in [1.29, 1.82) is 0 Å². The number of hydrogen-bond donors (Lipinski definition) is 2. The molecule has 2 atom stereocenters. The molecule has 0 aromatic rings. The Morgan fingerprint density at radius 3 is 2.33 bits per heavy atom. The van der Waals surface area contributed by atoms with Gasteiger partial charge in [0.15, 0.2) is 0 Å². The molecule has 1 rings (SSSR count). The van der Waals surface area contributed by atoms with Gasteiger partial charge in [0.1, 0.15) is 0 Å². The van der Waals surface area contributed by atoms with Gasteiger partial charge in [-0.1, -0.05) is 27.7 Å². The van der Waals surface area contributed by atoms with Crippen LogP contribution in [0.15, 0.2) is 0 Å². The van der Waals surface area contributed by atoms with Crippen molar-refractivity contribution in [2.75, 3.05) is 6.54 Å². The first-order valence-electron chi connectivity index (χ1n) is 7.50. The summed E-state index contributed by atoms with van der Waals surface area (Å²) in [5.74, 6) is 1.73. The van der Waals surface area contributed by atoms with Crippen LogP contribution >= 0.6 is 0 Å². The Kier molecular flexibility index (Phi) is 6.69. The van der Waals surface area contributed by atoms with Gasteiger partial charge in [0, 0.05) is 18.5 Å². The third-order valence-electron chi connectivity index (χ3n) is 3.68. The van der Waals surface area contributed by atoms with Gasteiger partial charge in [0.05, 0.1) is 0 Å². The van der Waals surface area contributed by atoms with E-state index in [1.807, 2.05) is 0 Å². The fraction of sp³-hybridized carbons (Fsp3) is 0.933. The van der Waals surface area contributed by atoms with Gasteiger partial charge < -0.3 is 10.6 Å². The molecule has 18 heavy (non-hydrogen) atoms. The van der Waals surface area contributed by atoms with E-state index in [0.29, 0.717) is 18.5 Å². The van der Waals surface area contributed by atoms with Gasteiger partial charge in [-0.3, -0.25) is 4.79 Å². The van der Waals surface area contributed by atoms with Crippen molar-refractivity contribution < 1.29 is 4.79 Å². The minimum absolute atomic E-state index is 0.229. The Balaban J connectivity index is 2.15. The van der Waals surface area contributed by atoms with Gasteiger partial charge in [0.2, 0.25) is 5.91 Å². The molecule has 106 valence electrons. The van der Waals surface area contributed by atoms with Crippen molar-refractivity contribution in [3.63, 3.8) is 0 Å². The second-order valence-electron chi connectivity index (χ2n) is 6.39. The Hall–Kier alpha value is -0.570. The third kappa shape index (κ3) is 6.39. The maximum absolute atomic E-state index is 11.8. The average Bonchev–Trinajstić information content (AvgIpc) is 2.22. The van der Waals surface area contributed by atoms with Crippen LogP contribution in [0.5, 0.6) is 0 Å². The lowest BCUT2D eigenvalue weighted by Crippen LogP contribution is -2.40. The summed E-state index contributed by atoms with van der Waals surface area (Å²) in [6.07, 6.45) is 5.20. The fourth-order valence-corrected chi connectivity index (χ4v) is 3.00. The van der Waals surface area contributed by atoms with Crippen LogP contribution in [0.25, 0.3) is 0 Å². The highest BCUT2D eigenvalue weighted by Crippen LogP contribution is 2.28. The third-order valence-corrected chi connectivity index (χ3v) is 3.68. The Labute approximate surface area is 112 Å². The highest BCUT2D eigenvalue weighted by Gasteiger charge is 2.24. The second-order valence-corrected chi connectivity index (χ2v) is 6.39. The zero-order valence-electron chi connectivity index (χ0n) is 12.5. The molecular weight excluding hydrogens is 224 g/mol. The number of carbonyl (C=O) groups is 1. The molecular formula is C15H30N2O. The zero-order valence-corrected chi connectivity index (χ0v) is 12.5. The van der Waals surface area contributed by atoms with E-state index in [4.69, 9.17) is 0 Å². The lowest BCUT2D eigenvalue weighted by atomic mass is 9.80. The summed E-state index contributed by atoms with van der Waals surface area (Å²) in [6.45, 7) is 9.78. The molecule has 1 saturated carbocycles. The molecule has 3 heteroatoms. The van der Waals surface area contributed by atoms with Gasteiger partial charge in [-0.25, -0.2) is 0 Å². The normalized spacial score (nSPS) is 28.4. The number of hydrogen-bond acceptors (Lipinski definition) is 2. The van der Waals surface area contributed by atoms with Crippen LogP contribution in [0.4, 0.5) is 0 Å². The largest absolute Gasteiger partial charge is 0.353 e. The number of nitrogens with one attached hydrogen (secondary N) is 2. The molecule has 3 nitrogen and oxygen atoms in total. The summed E-state index contributed by atoms with van der Waals surface area (Å²) >= 11 is 0. The smallest absolute Gasteiger partial charge is 0.220 e. The van der Waals surface area contributed by atoms with E-state index < -0.39 is 0 Å². The van der Waals surface area contributed by atoms with Crippen LogP contribution in [-0.2, 0) is 4.79 Å². The Morgan fingerprint density at radius 2 is 1.78 bits per heavy atom. The highest BCUT2D eigenvalue weighted by atomic mass is 16.1. The van der Waals surface area contributed by atoms with Crippen molar-refractivity contribution in [2.45, 2.75) is 71.9 Å². The van der Waals surface area contributed by atoms with Crippen LogP contribution in [-0.4, -0.2) is 24.5 Å². The van der Waals surface area contributed by atoms with E-state index in [1.54, 1.807) is 0 Å². The summed E-state index contributed by atoms with van der Waals surface area (Å²) in [5.41, 5.74) is 0.